The number of phenolic OH excluding ortho intramolecular Hbond substituents is 1. The monoisotopic (exact) mass is 872 g/mol. The van der Waals surface area contributed by atoms with E-state index in [1.807, 2.05) is 97.1 Å². The first-order valence-electron chi connectivity index (χ1n) is 24.5. The molecule has 0 unspecified atom stereocenters. The molecule has 0 bridgehead atoms. The summed E-state index contributed by atoms with van der Waals surface area (Å²) in [5.74, 6) is 0.843. The van der Waals surface area contributed by atoms with Crippen molar-refractivity contribution in [2.24, 2.45) is 0 Å². The second kappa shape index (κ2) is 17.2. The summed E-state index contributed by atoms with van der Waals surface area (Å²) in [4.78, 5) is 10.5. The van der Waals surface area contributed by atoms with Crippen molar-refractivity contribution in [2.45, 2.75) is 59.2 Å². The number of aromatic hydroxyl groups is 1. The highest BCUT2D eigenvalue weighted by atomic mass is 16.3. The zero-order valence-corrected chi connectivity index (χ0v) is 38.8. The Hall–Kier alpha value is -7.82. The number of imidazole rings is 1. The lowest BCUT2D eigenvalue weighted by Crippen LogP contribution is -2.12. The van der Waals surface area contributed by atoms with Crippen LogP contribution in [0.5, 0.6) is 5.75 Å². The third-order valence-corrected chi connectivity index (χ3v) is 12.8. The number of hydrogen-bond donors (Lipinski definition) is 1. The molecular weight excluding hydrogens is 815 g/mol. The van der Waals surface area contributed by atoms with Gasteiger partial charge in [-0.1, -0.05) is 181 Å². The molecule has 0 aliphatic heterocycles. The number of aromatic nitrogens is 3. The fourth-order valence-electron chi connectivity index (χ4n) is 9.22. The van der Waals surface area contributed by atoms with Crippen LogP contribution >= 0.6 is 0 Å². The smallest absolute Gasteiger partial charge is 0.149 e. The largest absolute Gasteiger partial charge is 0.507 e. The summed E-state index contributed by atoms with van der Waals surface area (Å²) in [5.41, 5.74) is 16.1. The van der Waals surface area contributed by atoms with Crippen molar-refractivity contribution in [1.82, 2.24) is 14.5 Å². The van der Waals surface area contributed by atoms with Crippen LogP contribution in [0.2, 0.25) is 0 Å². The van der Waals surface area contributed by atoms with E-state index in [-0.39, 0.29) is 16.6 Å². The third kappa shape index (κ3) is 8.36. The normalized spacial score (nSPS) is 12.7. The summed E-state index contributed by atoms with van der Waals surface area (Å²) in [7, 11) is 0. The van der Waals surface area contributed by atoms with Crippen LogP contribution < -0.4 is 0 Å². The summed E-state index contributed by atoms with van der Waals surface area (Å²) < 4.78 is 27.7. The van der Waals surface area contributed by atoms with Crippen molar-refractivity contribution in [2.75, 3.05) is 0 Å². The Balaban J connectivity index is 1.20. The average molecular weight is 873 g/mol. The fraction of sp³-hybridized carbons (Fsp3) is 0.143. The van der Waals surface area contributed by atoms with Crippen molar-refractivity contribution in [3.8, 4) is 89.7 Å². The molecule has 0 aliphatic carbocycles. The molecule has 10 aromatic rings. The Bertz CT molecular complexity index is 3550. The first kappa shape index (κ1) is 39.5. The molecule has 0 spiro atoms. The minimum absolute atomic E-state index is 0.0993. The quantitative estimate of drug-likeness (QED) is 0.165. The Morgan fingerprint density at radius 2 is 1.09 bits per heavy atom. The second-order valence-corrected chi connectivity index (χ2v) is 19.5. The minimum Gasteiger partial charge on any atom is -0.507 e. The first-order chi connectivity index (χ1) is 33.5. The molecule has 4 heteroatoms. The second-order valence-electron chi connectivity index (χ2n) is 19.5. The molecule has 2 heterocycles. The van der Waals surface area contributed by atoms with Gasteiger partial charge in [-0.15, -0.1) is 0 Å². The van der Waals surface area contributed by atoms with Gasteiger partial charge in [0.1, 0.15) is 11.6 Å². The zero-order chi connectivity index (χ0) is 49.0. The van der Waals surface area contributed by atoms with Crippen LogP contribution in [0, 0.1) is 6.85 Å². The van der Waals surface area contributed by atoms with E-state index in [1.165, 1.54) is 5.56 Å². The topological polar surface area (TPSA) is 50.9 Å². The highest BCUT2D eigenvalue weighted by molar-refractivity contribution is 5.98. The summed E-state index contributed by atoms with van der Waals surface area (Å²) in [6, 6.07) is 65.8. The number of para-hydroxylation sites is 2. The maximum Gasteiger partial charge on any atom is 0.149 e. The Kier molecular flexibility index (Phi) is 10.1. The van der Waals surface area contributed by atoms with Gasteiger partial charge in [-0.05, 0) is 133 Å². The van der Waals surface area contributed by atoms with E-state index in [0.29, 0.717) is 22.5 Å². The molecule has 328 valence electrons. The molecule has 1 N–H and O–H groups in total. The van der Waals surface area contributed by atoms with E-state index in [9.17, 15) is 5.11 Å². The third-order valence-electron chi connectivity index (χ3n) is 12.8. The molecule has 0 saturated heterocycles. The predicted molar refractivity (Wildman–Crippen MR) is 281 cm³/mol. The molecule has 0 aliphatic rings. The van der Waals surface area contributed by atoms with Crippen molar-refractivity contribution in [1.29, 1.82) is 0 Å². The number of rotatable bonds is 8. The van der Waals surface area contributed by atoms with E-state index < -0.39 is 6.85 Å². The van der Waals surface area contributed by atoms with Crippen LogP contribution in [0.3, 0.4) is 0 Å². The Labute approximate surface area is 399 Å². The first-order valence-corrected chi connectivity index (χ1v) is 23.0. The molecular formula is C63H55N3O. The van der Waals surface area contributed by atoms with Crippen molar-refractivity contribution in [3.05, 3.63) is 217 Å². The van der Waals surface area contributed by atoms with Crippen LogP contribution in [0.25, 0.3) is 95.0 Å². The van der Waals surface area contributed by atoms with E-state index in [1.54, 1.807) is 12.3 Å². The number of benzene rings is 8. The standard InChI is InChI=1S/C63H55N3O/c1-41-35-45(29-31-51(41)43-21-13-9-14-22-43)46-33-34-64-56(39-46)49-37-47(42-19-11-8-12-20-42)36-48(38-49)52-25-18-28-58-59(52)65-61(53-26-17-27-55(60(53)67)63(5,6)7)66(58)57-32-30-50(62(2,3)4)40-54(57)44-23-15-10-16-24-44/h8-40,67H,1-7H3/i1D3. The minimum atomic E-state index is -2.32. The maximum absolute atomic E-state index is 12.3. The van der Waals surface area contributed by atoms with Crippen LogP contribution in [0.15, 0.2) is 200 Å². The number of nitrogens with zero attached hydrogens (tertiary/aromatic N) is 3. The van der Waals surface area contributed by atoms with Gasteiger partial charge in [0.15, 0.2) is 0 Å². The Morgan fingerprint density at radius 1 is 0.463 bits per heavy atom. The number of hydrogen-bond acceptors (Lipinski definition) is 3. The molecule has 0 radical (unpaired) electrons. The lowest BCUT2D eigenvalue weighted by Gasteiger charge is -2.24. The number of fused-ring (bicyclic) bond motifs is 1. The number of phenols is 1. The van der Waals surface area contributed by atoms with E-state index in [2.05, 4.69) is 137 Å². The van der Waals surface area contributed by atoms with Crippen molar-refractivity contribution >= 4 is 11.0 Å². The maximum atomic E-state index is 12.3. The molecule has 67 heavy (non-hydrogen) atoms. The van der Waals surface area contributed by atoms with Gasteiger partial charge in [0.25, 0.3) is 0 Å². The van der Waals surface area contributed by atoms with Gasteiger partial charge < -0.3 is 5.11 Å². The summed E-state index contributed by atoms with van der Waals surface area (Å²) in [6.07, 6.45) is 1.79. The molecule has 0 fully saturated rings. The molecule has 8 aromatic carbocycles. The summed E-state index contributed by atoms with van der Waals surface area (Å²) in [6.45, 7) is 10.7. The SMILES string of the molecule is [2H]C([2H])([2H])c1cc(-c2ccnc(-c3cc(-c4ccccc4)cc(-c4cccc5c4nc(-c4cccc(C(C)(C)C)c4O)n5-c4ccc(C(C)(C)C)cc4-c4ccccc4)c3)c2)ccc1-c1ccccc1. The highest BCUT2D eigenvalue weighted by Crippen LogP contribution is 2.44. The number of aryl methyl sites for hydroxylation is 1. The number of pyridine rings is 1. The molecule has 0 amide bonds. The van der Waals surface area contributed by atoms with E-state index in [4.69, 9.17) is 14.1 Å². The van der Waals surface area contributed by atoms with Gasteiger partial charge in [-0.3, -0.25) is 9.55 Å². The van der Waals surface area contributed by atoms with Gasteiger partial charge >= 0.3 is 0 Å². The molecule has 2 aromatic heterocycles. The average Bonchev–Trinajstić information content (AvgIpc) is 3.75. The van der Waals surface area contributed by atoms with Gasteiger partial charge in [-0.25, -0.2) is 4.98 Å². The Morgan fingerprint density at radius 3 is 1.78 bits per heavy atom. The van der Waals surface area contributed by atoms with Crippen molar-refractivity contribution in [3.63, 3.8) is 0 Å². The van der Waals surface area contributed by atoms with Crippen LogP contribution in [0.4, 0.5) is 0 Å². The fourth-order valence-corrected chi connectivity index (χ4v) is 9.22. The zero-order valence-electron chi connectivity index (χ0n) is 41.8. The summed E-state index contributed by atoms with van der Waals surface area (Å²) >= 11 is 0. The lowest BCUT2D eigenvalue weighted by atomic mass is 9.84. The van der Waals surface area contributed by atoms with Gasteiger partial charge in [-0.2, -0.15) is 0 Å². The molecule has 0 saturated carbocycles. The van der Waals surface area contributed by atoms with Gasteiger partial charge in [0.05, 0.1) is 28.0 Å². The predicted octanol–water partition coefficient (Wildman–Crippen LogP) is 16.7. The molecule has 4 nitrogen and oxygen atoms in total. The molecule has 0 atom stereocenters. The van der Waals surface area contributed by atoms with Crippen LogP contribution in [-0.2, 0) is 10.8 Å². The van der Waals surface area contributed by atoms with E-state index >= 15 is 0 Å². The van der Waals surface area contributed by atoms with Gasteiger partial charge in [0, 0.05) is 27.0 Å². The van der Waals surface area contributed by atoms with Gasteiger partial charge in [0.2, 0.25) is 0 Å². The lowest BCUT2D eigenvalue weighted by molar-refractivity contribution is 0.448. The summed E-state index contributed by atoms with van der Waals surface area (Å²) in [5, 5.41) is 12.3. The van der Waals surface area contributed by atoms with Crippen LogP contribution in [-0.4, -0.2) is 19.6 Å². The highest BCUT2D eigenvalue weighted by Gasteiger charge is 2.27. The van der Waals surface area contributed by atoms with Crippen LogP contribution in [0.1, 0.15) is 62.3 Å². The molecule has 10 rings (SSSR count). The van der Waals surface area contributed by atoms with Crippen molar-refractivity contribution < 1.29 is 9.22 Å². The van der Waals surface area contributed by atoms with E-state index in [0.717, 1.165) is 83.6 Å².